The van der Waals surface area contributed by atoms with Crippen molar-refractivity contribution >= 4 is 66.5 Å². The summed E-state index contributed by atoms with van der Waals surface area (Å²) in [6.07, 6.45) is 0. The molecule has 2 heterocycles. The number of methoxy groups -OCH3 is 1. The lowest BCUT2D eigenvalue weighted by Gasteiger charge is -2.08. The van der Waals surface area contributed by atoms with E-state index in [2.05, 4.69) is 45.7 Å². The maximum Gasteiger partial charge on any atom is 0.236 e. The van der Waals surface area contributed by atoms with Crippen molar-refractivity contribution in [1.82, 2.24) is 15.2 Å². The van der Waals surface area contributed by atoms with Crippen molar-refractivity contribution in [1.29, 1.82) is 0 Å². The van der Waals surface area contributed by atoms with Gasteiger partial charge in [-0.1, -0.05) is 46.6 Å². The van der Waals surface area contributed by atoms with Crippen LogP contribution in [0, 0.1) is 13.8 Å². The first kappa shape index (κ1) is 20.6. The third kappa shape index (κ3) is 4.72. The molecule has 2 aromatic carbocycles. The lowest BCUT2D eigenvalue weighted by molar-refractivity contribution is -0.113. The van der Waals surface area contributed by atoms with E-state index in [9.17, 15) is 4.79 Å². The zero-order valence-electron chi connectivity index (χ0n) is 16.6. The number of aryl methyl sites for hydroxylation is 1. The number of carbonyl (C=O) groups is 1. The number of fused-ring (bicyclic) bond motifs is 1. The van der Waals surface area contributed by atoms with E-state index >= 15 is 0 Å². The molecule has 4 rings (SSSR count). The number of thiazole rings is 1. The van der Waals surface area contributed by atoms with Crippen LogP contribution < -0.4 is 15.4 Å². The molecule has 0 atom stereocenters. The van der Waals surface area contributed by atoms with Crippen LogP contribution in [-0.2, 0) is 4.79 Å². The predicted molar refractivity (Wildman–Crippen MR) is 125 cm³/mol. The highest BCUT2D eigenvalue weighted by Gasteiger charge is 2.12. The number of benzene rings is 2. The second kappa shape index (κ2) is 8.99. The highest BCUT2D eigenvalue weighted by molar-refractivity contribution is 8.01. The zero-order chi connectivity index (χ0) is 21.1. The molecule has 2 N–H and O–H groups in total. The van der Waals surface area contributed by atoms with Gasteiger partial charge in [0.15, 0.2) is 9.47 Å². The molecular weight excluding hydrogens is 438 g/mol. The number of rotatable bonds is 7. The van der Waals surface area contributed by atoms with E-state index in [1.54, 1.807) is 7.11 Å². The minimum Gasteiger partial charge on any atom is -0.497 e. The molecule has 4 aromatic rings. The minimum atomic E-state index is -0.134. The number of carbonyl (C=O) groups excluding carboxylic acids is 1. The molecule has 0 unspecified atom stereocenters. The summed E-state index contributed by atoms with van der Waals surface area (Å²) in [6.45, 7) is 4.14. The van der Waals surface area contributed by atoms with Gasteiger partial charge in [-0.3, -0.25) is 4.79 Å². The number of nitrogens with zero attached hydrogens (tertiary/aromatic N) is 3. The van der Waals surface area contributed by atoms with Crippen molar-refractivity contribution in [2.45, 2.75) is 18.2 Å². The summed E-state index contributed by atoms with van der Waals surface area (Å²) < 4.78 is 6.91. The second-order valence-electron chi connectivity index (χ2n) is 6.44. The topological polar surface area (TPSA) is 89.0 Å². The lowest BCUT2D eigenvalue weighted by atomic mass is 10.1. The van der Waals surface area contributed by atoms with Gasteiger partial charge in [0, 0.05) is 5.69 Å². The number of hydrogen-bond donors (Lipinski definition) is 2. The summed E-state index contributed by atoms with van der Waals surface area (Å²) in [6, 6.07) is 11.7. The number of hydrogen-bond acceptors (Lipinski definition) is 9. The zero-order valence-corrected chi connectivity index (χ0v) is 19.0. The number of amides is 1. The Morgan fingerprint density at radius 3 is 2.83 bits per heavy atom. The largest absolute Gasteiger partial charge is 0.497 e. The number of aromatic nitrogens is 3. The first-order chi connectivity index (χ1) is 14.5. The standard InChI is InChI=1S/C20H19N5O2S3/c1-11-5-4-6-14(12(11)2)21-19-24-25-20(30-19)28-10-17(26)23-18-22-15-8-7-13(27-3)9-16(15)29-18/h4-9H,10H2,1-3H3,(H,21,24)(H,22,23,26). The highest BCUT2D eigenvalue weighted by atomic mass is 32.2. The summed E-state index contributed by atoms with van der Waals surface area (Å²) in [7, 11) is 1.62. The minimum absolute atomic E-state index is 0.134. The third-order valence-electron chi connectivity index (χ3n) is 4.42. The van der Waals surface area contributed by atoms with E-state index in [4.69, 9.17) is 4.74 Å². The second-order valence-corrected chi connectivity index (χ2v) is 9.67. The van der Waals surface area contributed by atoms with E-state index in [1.165, 1.54) is 45.6 Å². The molecule has 0 spiro atoms. The Kier molecular flexibility index (Phi) is 6.16. The van der Waals surface area contributed by atoms with E-state index in [1.807, 2.05) is 30.3 Å². The van der Waals surface area contributed by atoms with Crippen LogP contribution in [0.3, 0.4) is 0 Å². The van der Waals surface area contributed by atoms with E-state index in [0.29, 0.717) is 10.3 Å². The van der Waals surface area contributed by atoms with Crippen LogP contribution in [-0.4, -0.2) is 34.0 Å². The van der Waals surface area contributed by atoms with Gasteiger partial charge in [-0.15, -0.1) is 10.2 Å². The number of ether oxygens (including phenoxy) is 1. The molecule has 10 heteroatoms. The number of anilines is 3. The predicted octanol–water partition coefficient (Wildman–Crippen LogP) is 5.25. The summed E-state index contributed by atoms with van der Waals surface area (Å²) in [5.41, 5.74) is 4.22. The van der Waals surface area contributed by atoms with Crippen LogP contribution in [0.2, 0.25) is 0 Å². The van der Waals surface area contributed by atoms with Crippen LogP contribution in [0.5, 0.6) is 5.75 Å². The Balaban J connectivity index is 1.34. The summed E-state index contributed by atoms with van der Waals surface area (Å²) >= 11 is 4.19. The van der Waals surface area contributed by atoms with Gasteiger partial charge in [0.1, 0.15) is 5.75 Å². The Labute approximate surface area is 185 Å². The summed E-state index contributed by atoms with van der Waals surface area (Å²) in [4.78, 5) is 16.8. The Bertz CT molecular complexity index is 1200. The smallest absolute Gasteiger partial charge is 0.236 e. The van der Waals surface area contributed by atoms with E-state index < -0.39 is 0 Å². The number of nitrogens with one attached hydrogen (secondary N) is 2. The van der Waals surface area contributed by atoms with Crippen LogP contribution in [0.25, 0.3) is 10.2 Å². The molecule has 7 nitrogen and oxygen atoms in total. The average molecular weight is 458 g/mol. The monoisotopic (exact) mass is 457 g/mol. The van der Waals surface area contributed by atoms with Gasteiger partial charge in [0.2, 0.25) is 11.0 Å². The fourth-order valence-electron chi connectivity index (χ4n) is 2.69. The van der Waals surface area contributed by atoms with Crippen LogP contribution in [0.4, 0.5) is 16.0 Å². The van der Waals surface area contributed by atoms with Crippen molar-refractivity contribution in [2.75, 3.05) is 23.5 Å². The van der Waals surface area contributed by atoms with Crippen LogP contribution in [0.1, 0.15) is 11.1 Å². The fourth-order valence-corrected chi connectivity index (χ4v) is 5.16. The fraction of sp³-hybridized carbons (Fsp3) is 0.200. The van der Waals surface area contributed by atoms with Crippen LogP contribution in [0.15, 0.2) is 40.7 Å². The lowest BCUT2D eigenvalue weighted by Crippen LogP contribution is -2.13. The number of thioether (sulfide) groups is 1. The van der Waals surface area contributed by atoms with Crippen molar-refractivity contribution in [2.24, 2.45) is 0 Å². The highest BCUT2D eigenvalue weighted by Crippen LogP contribution is 2.31. The SMILES string of the molecule is COc1ccc2nc(NC(=O)CSc3nnc(Nc4cccc(C)c4C)s3)sc2c1. The quantitative estimate of drug-likeness (QED) is 0.367. The van der Waals surface area contributed by atoms with Crippen molar-refractivity contribution in [3.63, 3.8) is 0 Å². The van der Waals surface area contributed by atoms with Gasteiger partial charge in [-0.2, -0.15) is 0 Å². The molecule has 0 aliphatic rings. The van der Waals surface area contributed by atoms with Crippen molar-refractivity contribution in [3.8, 4) is 5.75 Å². The van der Waals surface area contributed by atoms with Crippen molar-refractivity contribution < 1.29 is 9.53 Å². The summed E-state index contributed by atoms with van der Waals surface area (Å²) in [5.74, 6) is 0.864. The van der Waals surface area contributed by atoms with Gasteiger partial charge in [0.05, 0.1) is 23.1 Å². The van der Waals surface area contributed by atoms with Crippen LogP contribution >= 0.6 is 34.4 Å². The molecule has 154 valence electrons. The molecule has 0 aliphatic heterocycles. The maximum atomic E-state index is 12.3. The molecule has 0 fully saturated rings. The normalized spacial score (nSPS) is 10.9. The molecule has 0 saturated carbocycles. The Morgan fingerprint density at radius 2 is 2.00 bits per heavy atom. The summed E-state index contributed by atoms with van der Waals surface area (Å²) in [5, 5.41) is 15.7. The average Bonchev–Trinajstić information content (AvgIpc) is 3.35. The van der Waals surface area contributed by atoms with Gasteiger partial charge in [-0.25, -0.2) is 4.98 Å². The van der Waals surface area contributed by atoms with Crippen molar-refractivity contribution in [3.05, 3.63) is 47.5 Å². The van der Waals surface area contributed by atoms with Gasteiger partial charge in [0.25, 0.3) is 0 Å². The molecular formula is C20H19N5O2S3. The first-order valence-electron chi connectivity index (χ1n) is 9.06. The molecule has 2 aromatic heterocycles. The van der Waals surface area contributed by atoms with E-state index in [0.717, 1.165) is 26.0 Å². The third-order valence-corrected chi connectivity index (χ3v) is 7.33. The van der Waals surface area contributed by atoms with Gasteiger partial charge < -0.3 is 15.4 Å². The van der Waals surface area contributed by atoms with Gasteiger partial charge in [-0.05, 0) is 49.2 Å². The Morgan fingerprint density at radius 1 is 1.13 bits per heavy atom. The molecule has 0 aliphatic carbocycles. The molecule has 30 heavy (non-hydrogen) atoms. The molecule has 1 amide bonds. The Hall–Kier alpha value is -2.69. The maximum absolute atomic E-state index is 12.3. The molecule has 0 saturated heterocycles. The van der Waals surface area contributed by atoms with E-state index in [-0.39, 0.29) is 11.7 Å². The molecule has 0 bridgehead atoms. The van der Waals surface area contributed by atoms with Gasteiger partial charge >= 0.3 is 0 Å². The molecule has 0 radical (unpaired) electrons. The first-order valence-corrected chi connectivity index (χ1v) is 11.7.